The molecule has 0 spiro atoms. The summed E-state index contributed by atoms with van der Waals surface area (Å²) in [6, 6.07) is 2.52. The number of hydrogen-bond acceptors (Lipinski definition) is 5. The van der Waals surface area contributed by atoms with Crippen molar-refractivity contribution in [2.45, 2.75) is 44.7 Å². The number of sulfonamides is 1. The molecule has 2 atom stereocenters. The Morgan fingerprint density at radius 1 is 1.26 bits per heavy atom. The van der Waals surface area contributed by atoms with Crippen LogP contribution < -0.4 is 5.32 Å². The molecule has 1 aromatic rings. The van der Waals surface area contributed by atoms with E-state index in [1.165, 1.54) is 16.4 Å². The molecule has 1 N–H and O–H groups in total. The Hall–Kier alpha value is -1.22. The number of nitrogens with zero attached hydrogens (tertiary/aromatic N) is 2. The van der Waals surface area contributed by atoms with Crippen LogP contribution in [0.2, 0.25) is 0 Å². The smallest absolute Gasteiger partial charge is 0.270 e. The van der Waals surface area contributed by atoms with Crippen LogP contribution in [0.5, 0.6) is 0 Å². The molecule has 0 aromatic heterocycles. The van der Waals surface area contributed by atoms with Gasteiger partial charge in [-0.3, -0.25) is 10.1 Å². The molecular weight excluding hydrogens is 342 g/mol. The number of nitro groups is 1. The maximum absolute atomic E-state index is 13.0. The van der Waals surface area contributed by atoms with Crippen LogP contribution in [-0.4, -0.2) is 42.8 Å². The number of benzene rings is 1. The average Bonchev–Trinajstić information content (AvgIpc) is 2.40. The van der Waals surface area contributed by atoms with Gasteiger partial charge in [-0.1, -0.05) is 0 Å². The summed E-state index contributed by atoms with van der Waals surface area (Å²) < 4.78 is 27.5. The zero-order valence-corrected chi connectivity index (χ0v) is 15.2. The highest BCUT2D eigenvalue weighted by Gasteiger charge is 2.36. The van der Waals surface area contributed by atoms with E-state index in [2.05, 4.69) is 5.32 Å². The Labute approximate surface area is 142 Å². The second kappa shape index (κ2) is 7.12. The van der Waals surface area contributed by atoms with Crippen LogP contribution in [0.4, 0.5) is 5.69 Å². The SMILES string of the molecule is Cc1cc([N+](=O)[O-])cc(C)c1S(=O)(=O)N1CCNC(C)C1C.Cl. The first-order valence-electron chi connectivity index (χ1n) is 7.17. The monoisotopic (exact) mass is 363 g/mol. The van der Waals surface area contributed by atoms with E-state index in [9.17, 15) is 18.5 Å². The van der Waals surface area contributed by atoms with Gasteiger partial charge in [-0.25, -0.2) is 8.42 Å². The molecule has 2 rings (SSSR count). The molecule has 0 saturated carbocycles. The fourth-order valence-corrected chi connectivity index (χ4v) is 5.04. The van der Waals surface area contributed by atoms with Crippen LogP contribution in [-0.2, 0) is 10.0 Å². The van der Waals surface area contributed by atoms with Gasteiger partial charge >= 0.3 is 0 Å². The average molecular weight is 364 g/mol. The van der Waals surface area contributed by atoms with Gasteiger partial charge in [0.05, 0.1) is 9.82 Å². The summed E-state index contributed by atoms with van der Waals surface area (Å²) in [6.07, 6.45) is 0. The number of nitro benzene ring substituents is 1. The first-order valence-corrected chi connectivity index (χ1v) is 8.61. The number of piperazine rings is 1. The predicted octanol–water partition coefficient (Wildman–Crippen LogP) is 2.00. The fourth-order valence-electron chi connectivity index (χ4n) is 2.92. The van der Waals surface area contributed by atoms with E-state index in [0.29, 0.717) is 24.2 Å². The fraction of sp³-hybridized carbons (Fsp3) is 0.571. The Bertz CT molecular complexity index is 685. The molecule has 0 amide bonds. The third-order valence-corrected chi connectivity index (χ3v) is 6.49. The van der Waals surface area contributed by atoms with Gasteiger partial charge in [0.2, 0.25) is 10.0 Å². The molecule has 1 aliphatic heterocycles. The molecule has 1 aliphatic rings. The number of aryl methyl sites for hydroxylation is 2. The van der Waals surface area contributed by atoms with Gasteiger partial charge in [0, 0.05) is 37.3 Å². The van der Waals surface area contributed by atoms with E-state index in [-0.39, 0.29) is 35.1 Å². The molecule has 130 valence electrons. The van der Waals surface area contributed by atoms with Crippen LogP contribution in [0.1, 0.15) is 25.0 Å². The minimum Gasteiger partial charge on any atom is -0.311 e. The van der Waals surface area contributed by atoms with Gasteiger partial charge < -0.3 is 5.32 Å². The summed E-state index contributed by atoms with van der Waals surface area (Å²) in [7, 11) is -3.68. The van der Waals surface area contributed by atoms with Crippen LogP contribution in [0.3, 0.4) is 0 Å². The molecule has 1 heterocycles. The lowest BCUT2D eigenvalue weighted by molar-refractivity contribution is -0.385. The summed E-state index contributed by atoms with van der Waals surface area (Å²) in [6.45, 7) is 8.00. The van der Waals surface area contributed by atoms with Crippen molar-refractivity contribution in [3.05, 3.63) is 33.4 Å². The van der Waals surface area contributed by atoms with Gasteiger partial charge in [0.1, 0.15) is 0 Å². The van der Waals surface area contributed by atoms with Gasteiger partial charge in [0.25, 0.3) is 5.69 Å². The highest BCUT2D eigenvalue weighted by atomic mass is 35.5. The second-order valence-corrected chi connectivity index (χ2v) is 7.59. The zero-order chi connectivity index (χ0) is 16.7. The molecule has 0 bridgehead atoms. The summed E-state index contributed by atoms with van der Waals surface area (Å²) in [5, 5.41) is 14.1. The van der Waals surface area contributed by atoms with Gasteiger partial charge in [-0.2, -0.15) is 4.31 Å². The molecule has 0 aliphatic carbocycles. The molecule has 2 unspecified atom stereocenters. The molecule has 7 nitrogen and oxygen atoms in total. The van der Waals surface area contributed by atoms with Gasteiger partial charge in [-0.05, 0) is 38.8 Å². The van der Waals surface area contributed by atoms with Gasteiger partial charge in [0.15, 0.2) is 0 Å². The standard InChI is InChI=1S/C14H21N3O4S.ClH/c1-9-7-13(17(18)19)8-10(2)14(9)22(20,21)16-6-5-15-11(3)12(16)4;/h7-8,11-12,15H,5-6H2,1-4H3;1H. The minimum absolute atomic E-state index is 0. The Balaban J connectivity index is 0.00000264. The van der Waals surface area contributed by atoms with Crippen LogP contribution in [0.15, 0.2) is 17.0 Å². The first kappa shape index (κ1) is 19.8. The van der Waals surface area contributed by atoms with Crippen molar-refractivity contribution in [2.24, 2.45) is 0 Å². The summed E-state index contributed by atoms with van der Waals surface area (Å²) >= 11 is 0. The van der Waals surface area contributed by atoms with Crippen LogP contribution >= 0.6 is 12.4 Å². The van der Waals surface area contributed by atoms with Crippen molar-refractivity contribution in [3.63, 3.8) is 0 Å². The molecule has 9 heteroatoms. The molecule has 0 radical (unpaired) electrons. The molecule has 23 heavy (non-hydrogen) atoms. The number of nitrogens with one attached hydrogen (secondary N) is 1. The third kappa shape index (κ3) is 3.65. The van der Waals surface area contributed by atoms with Crippen molar-refractivity contribution >= 4 is 28.1 Å². The topological polar surface area (TPSA) is 92.5 Å². The van der Waals surface area contributed by atoms with Crippen molar-refractivity contribution < 1.29 is 13.3 Å². The normalized spacial score (nSPS) is 22.4. The summed E-state index contributed by atoms with van der Waals surface area (Å²) in [5.74, 6) is 0. The van der Waals surface area contributed by atoms with Crippen molar-refractivity contribution in [2.75, 3.05) is 13.1 Å². The van der Waals surface area contributed by atoms with Crippen molar-refractivity contribution in [1.82, 2.24) is 9.62 Å². The van der Waals surface area contributed by atoms with E-state index < -0.39 is 14.9 Å². The number of hydrogen-bond donors (Lipinski definition) is 1. The molecule has 1 saturated heterocycles. The molecule has 1 aromatic carbocycles. The Morgan fingerprint density at radius 2 is 1.78 bits per heavy atom. The lowest BCUT2D eigenvalue weighted by atomic mass is 10.1. The van der Waals surface area contributed by atoms with E-state index >= 15 is 0 Å². The first-order chi connectivity index (χ1) is 10.2. The number of rotatable bonds is 3. The number of halogens is 1. The quantitative estimate of drug-likeness (QED) is 0.655. The highest BCUT2D eigenvalue weighted by molar-refractivity contribution is 7.89. The molecule has 1 fully saturated rings. The predicted molar refractivity (Wildman–Crippen MR) is 90.6 cm³/mol. The van der Waals surface area contributed by atoms with Crippen LogP contribution in [0.25, 0.3) is 0 Å². The Morgan fingerprint density at radius 3 is 2.26 bits per heavy atom. The lowest BCUT2D eigenvalue weighted by Gasteiger charge is -2.38. The van der Waals surface area contributed by atoms with E-state index in [4.69, 9.17) is 0 Å². The Kier molecular flexibility index (Phi) is 6.14. The summed E-state index contributed by atoms with van der Waals surface area (Å²) in [5.41, 5.74) is 0.728. The molecular formula is C14H22ClN3O4S. The number of non-ortho nitro benzene ring substituents is 1. The highest BCUT2D eigenvalue weighted by Crippen LogP contribution is 2.30. The van der Waals surface area contributed by atoms with Crippen LogP contribution in [0, 0.1) is 24.0 Å². The maximum atomic E-state index is 13.0. The largest absolute Gasteiger partial charge is 0.311 e. The minimum atomic E-state index is -3.68. The van der Waals surface area contributed by atoms with E-state index in [1.54, 1.807) is 13.8 Å². The summed E-state index contributed by atoms with van der Waals surface area (Å²) in [4.78, 5) is 10.6. The second-order valence-electron chi connectivity index (χ2n) is 5.76. The lowest BCUT2D eigenvalue weighted by Crippen LogP contribution is -2.57. The maximum Gasteiger partial charge on any atom is 0.270 e. The van der Waals surface area contributed by atoms with Crippen molar-refractivity contribution in [3.8, 4) is 0 Å². The van der Waals surface area contributed by atoms with E-state index in [0.717, 1.165) is 0 Å². The van der Waals surface area contributed by atoms with Crippen molar-refractivity contribution in [1.29, 1.82) is 0 Å². The van der Waals surface area contributed by atoms with Gasteiger partial charge in [-0.15, -0.1) is 12.4 Å². The third-order valence-electron chi connectivity index (χ3n) is 4.20. The van der Waals surface area contributed by atoms with E-state index in [1.807, 2.05) is 13.8 Å². The zero-order valence-electron chi connectivity index (χ0n) is 13.6.